The molecule has 0 heterocycles. The summed E-state index contributed by atoms with van der Waals surface area (Å²) in [4.78, 5) is 21.8. The van der Waals surface area contributed by atoms with Crippen molar-refractivity contribution in [2.75, 3.05) is 5.43 Å². The highest BCUT2D eigenvalue weighted by Crippen LogP contribution is 2.25. The van der Waals surface area contributed by atoms with Gasteiger partial charge in [-0.1, -0.05) is 11.6 Å². The summed E-state index contributed by atoms with van der Waals surface area (Å²) in [6.45, 7) is 0. The van der Waals surface area contributed by atoms with Crippen molar-refractivity contribution in [1.29, 1.82) is 0 Å². The number of anilines is 1. The summed E-state index contributed by atoms with van der Waals surface area (Å²) >= 11 is 9.09. The number of rotatable bonds is 5. The Bertz CT molecular complexity index is 470. The van der Waals surface area contributed by atoms with E-state index < -0.39 is 17.9 Å². The number of nitrogens with one attached hydrogen (secondary N) is 2. The molecular weight excluding hydrogens is 325 g/mol. The maximum Gasteiger partial charge on any atom is 0.321 e. The van der Waals surface area contributed by atoms with Gasteiger partial charge in [-0.15, -0.1) is 0 Å². The van der Waals surface area contributed by atoms with E-state index in [-0.39, 0.29) is 6.42 Å². The predicted octanol–water partition coefficient (Wildman–Crippen LogP) is 1.35. The molecule has 0 saturated carbocycles. The molecule has 1 rings (SSSR count). The molecule has 5 N–H and O–H groups in total. The van der Waals surface area contributed by atoms with E-state index in [1.165, 1.54) is 0 Å². The maximum absolute atomic E-state index is 11.3. The van der Waals surface area contributed by atoms with Gasteiger partial charge < -0.3 is 10.8 Å². The molecule has 0 aromatic heterocycles. The van der Waals surface area contributed by atoms with Crippen LogP contribution in [0.5, 0.6) is 0 Å². The predicted molar refractivity (Wildman–Crippen MR) is 71.1 cm³/mol. The van der Waals surface area contributed by atoms with Gasteiger partial charge in [0.05, 0.1) is 17.1 Å². The first-order valence-electron chi connectivity index (χ1n) is 4.88. The zero-order valence-electron chi connectivity index (χ0n) is 9.11. The smallest absolute Gasteiger partial charge is 0.321 e. The van der Waals surface area contributed by atoms with E-state index in [0.717, 1.165) is 4.47 Å². The van der Waals surface area contributed by atoms with Gasteiger partial charge in [-0.05, 0) is 34.1 Å². The number of aliphatic carboxylic acids is 1. The fourth-order valence-electron chi connectivity index (χ4n) is 1.05. The van der Waals surface area contributed by atoms with Gasteiger partial charge in [-0.3, -0.25) is 20.4 Å². The Morgan fingerprint density at radius 2 is 2.17 bits per heavy atom. The van der Waals surface area contributed by atoms with Crippen molar-refractivity contribution < 1.29 is 14.7 Å². The second-order valence-corrected chi connectivity index (χ2v) is 4.71. The normalized spacial score (nSPS) is 11.7. The summed E-state index contributed by atoms with van der Waals surface area (Å²) in [7, 11) is 0. The molecule has 0 saturated heterocycles. The molecule has 18 heavy (non-hydrogen) atoms. The van der Waals surface area contributed by atoms with Gasteiger partial charge in [0.1, 0.15) is 6.04 Å². The fourth-order valence-corrected chi connectivity index (χ4v) is 1.48. The van der Waals surface area contributed by atoms with Crippen molar-refractivity contribution in [1.82, 2.24) is 5.43 Å². The summed E-state index contributed by atoms with van der Waals surface area (Å²) in [6.07, 6.45) is -0.313. The second kappa shape index (κ2) is 6.58. The molecule has 0 fully saturated rings. The van der Waals surface area contributed by atoms with Gasteiger partial charge in [-0.2, -0.15) is 0 Å². The number of hydrazine groups is 1. The standard InChI is InChI=1S/C10H11BrClN3O3/c11-6-2-1-5(3-7(6)12)14-15-9(16)4-8(13)10(17)18/h1-3,8,14H,4,13H2,(H,15,16)(H,17,18)/t8-/m1/s1. The first-order chi connectivity index (χ1) is 8.40. The van der Waals surface area contributed by atoms with Gasteiger partial charge in [0.25, 0.3) is 0 Å². The summed E-state index contributed by atoms with van der Waals surface area (Å²) in [5.41, 5.74) is 10.7. The molecule has 0 bridgehead atoms. The lowest BCUT2D eigenvalue weighted by Crippen LogP contribution is -2.38. The van der Waals surface area contributed by atoms with Crippen LogP contribution in [0, 0.1) is 0 Å². The van der Waals surface area contributed by atoms with Gasteiger partial charge in [0, 0.05) is 4.47 Å². The van der Waals surface area contributed by atoms with Crippen LogP contribution in [-0.2, 0) is 9.59 Å². The monoisotopic (exact) mass is 335 g/mol. The average Bonchev–Trinajstić information content (AvgIpc) is 2.30. The third-order valence-corrected chi connectivity index (χ3v) is 3.22. The molecular formula is C10H11BrClN3O3. The molecule has 0 spiro atoms. The molecule has 1 atom stereocenters. The van der Waals surface area contributed by atoms with E-state index in [0.29, 0.717) is 10.7 Å². The van der Waals surface area contributed by atoms with Crippen LogP contribution in [0.4, 0.5) is 5.69 Å². The fraction of sp³-hybridized carbons (Fsp3) is 0.200. The molecule has 0 aliphatic heterocycles. The lowest BCUT2D eigenvalue weighted by atomic mass is 10.2. The Hall–Kier alpha value is -1.31. The molecule has 8 heteroatoms. The second-order valence-electron chi connectivity index (χ2n) is 3.45. The van der Waals surface area contributed by atoms with Crippen LogP contribution in [0.2, 0.25) is 5.02 Å². The number of halogens is 2. The van der Waals surface area contributed by atoms with Gasteiger partial charge in [0.2, 0.25) is 5.91 Å². The van der Waals surface area contributed by atoms with Gasteiger partial charge >= 0.3 is 5.97 Å². The highest BCUT2D eigenvalue weighted by atomic mass is 79.9. The van der Waals surface area contributed by atoms with E-state index in [1.807, 2.05) is 0 Å². The third-order valence-electron chi connectivity index (χ3n) is 1.99. The number of amides is 1. The quantitative estimate of drug-likeness (QED) is 0.608. The summed E-state index contributed by atoms with van der Waals surface area (Å²) in [5, 5.41) is 9.02. The molecule has 1 aromatic rings. The van der Waals surface area contributed by atoms with Gasteiger partial charge in [-0.25, -0.2) is 0 Å². The Balaban J connectivity index is 2.47. The molecule has 0 aliphatic rings. The van der Waals surface area contributed by atoms with Crippen LogP contribution in [0.3, 0.4) is 0 Å². The van der Waals surface area contributed by atoms with Crippen molar-refractivity contribution in [2.24, 2.45) is 5.73 Å². The summed E-state index contributed by atoms with van der Waals surface area (Å²) in [5.74, 6) is -1.75. The molecule has 98 valence electrons. The lowest BCUT2D eigenvalue weighted by Gasteiger charge is -2.10. The zero-order valence-corrected chi connectivity index (χ0v) is 11.5. The molecule has 1 amide bonds. The van der Waals surface area contributed by atoms with Gasteiger partial charge in [0.15, 0.2) is 0 Å². The van der Waals surface area contributed by atoms with Crippen LogP contribution >= 0.6 is 27.5 Å². The van der Waals surface area contributed by atoms with E-state index in [2.05, 4.69) is 26.8 Å². The molecule has 0 radical (unpaired) electrons. The van der Waals surface area contributed by atoms with E-state index >= 15 is 0 Å². The van der Waals surface area contributed by atoms with E-state index in [1.54, 1.807) is 18.2 Å². The van der Waals surface area contributed by atoms with Crippen molar-refractivity contribution >= 4 is 45.1 Å². The van der Waals surface area contributed by atoms with Crippen LogP contribution < -0.4 is 16.6 Å². The number of benzene rings is 1. The number of hydrogen-bond acceptors (Lipinski definition) is 4. The number of carbonyl (C=O) groups is 2. The zero-order chi connectivity index (χ0) is 13.7. The summed E-state index contributed by atoms with van der Waals surface area (Å²) < 4.78 is 0.731. The van der Waals surface area contributed by atoms with Crippen LogP contribution in [-0.4, -0.2) is 23.0 Å². The maximum atomic E-state index is 11.3. The number of nitrogens with two attached hydrogens (primary N) is 1. The number of hydrogen-bond donors (Lipinski definition) is 4. The highest BCUT2D eigenvalue weighted by molar-refractivity contribution is 9.10. The topological polar surface area (TPSA) is 104 Å². The minimum absolute atomic E-state index is 0.313. The van der Waals surface area contributed by atoms with Crippen molar-refractivity contribution in [3.63, 3.8) is 0 Å². The van der Waals surface area contributed by atoms with Crippen LogP contribution in [0.15, 0.2) is 22.7 Å². The SMILES string of the molecule is N[C@H](CC(=O)NNc1ccc(Br)c(Cl)c1)C(=O)O. The summed E-state index contributed by atoms with van der Waals surface area (Å²) in [6, 6.07) is 3.77. The Morgan fingerprint density at radius 1 is 1.50 bits per heavy atom. The average molecular weight is 337 g/mol. The number of carboxylic acid groups (broad SMARTS) is 1. The molecule has 0 unspecified atom stereocenters. The molecule has 1 aromatic carbocycles. The van der Waals surface area contributed by atoms with E-state index in [4.69, 9.17) is 22.4 Å². The number of carbonyl (C=O) groups excluding carboxylic acids is 1. The Morgan fingerprint density at radius 3 is 2.72 bits per heavy atom. The third kappa shape index (κ3) is 4.52. The lowest BCUT2D eigenvalue weighted by molar-refractivity contribution is -0.140. The minimum Gasteiger partial charge on any atom is -0.480 e. The molecule has 6 nitrogen and oxygen atoms in total. The van der Waals surface area contributed by atoms with Crippen molar-refractivity contribution in [3.8, 4) is 0 Å². The minimum atomic E-state index is -1.23. The Kier molecular flexibility index (Phi) is 5.39. The van der Waals surface area contributed by atoms with Crippen LogP contribution in [0.1, 0.15) is 6.42 Å². The molecule has 0 aliphatic carbocycles. The largest absolute Gasteiger partial charge is 0.480 e. The van der Waals surface area contributed by atoms with E-state index in [9.17, 15) is 9.59 Å². The van der Waals surface area contributed by atoms with Crippen molar-refractivity contribution in [2.45, 2.75) is 12.5 Å². The number of carboxylic acids is 1. The van der Waals surface area contributed by atoms with Crippen molar-refractivity contribution in [3.05, 3.63) is 27.7 Å². The van der Waals surface area contributed by atoms with Crippen LogP contribution in [0.25, 0.3) is 0 Å². The Labute approximate surface area is 117 Å². The highest BCUT2D eigenvalue weighted by Gasteiger charge is 2.15. The first kappa shape index (κ1) is 14.7. The first-order valence-corrected chi connectivity index (χ1v) is 6.05.